The fourth-order valence-corrected chi connectivity index (χ4v) is 9.71. The maximum Gasteiger partial charge on any atom is 0.338 e. The van der Waals surface area contributed by atoms with E-state index in [2.05, 4.69) is 15.6 Å². The third-order valence-corrected chi connectivity index (χ3v) is 12.8. The highest BCUT2D eigenvalue weighted by Crippen LogP contribution is 2.42. The van der Waals surface area contributed by atoms with Crippen molar-refractivity contribution in [2.45, 2.75) is 12.8 Å². The first-order chi connectivity index (χ1) is 29.6. The van der Waals surface area contributed by atoms with Crippen molar-refractivity contribution in [1.29, 1.82) is 0 Å². The number of carbonyl (C=O) groups is 4. The molecule has 5 aromatic carbocycles. The summed E-state index contributed by atoms with van der Waals surface area (Å²) in [6.07, 6.45) is 1.13. The molecule has 308 valence electrons. The van der Waals surface area contributed by atoms with Crippen LogP contribution in [-0.4, -0.2) is 70.2 Å². The first-order valence-electron chi connectivity index (χ1n) is 19.8. The van der Waals surface area contributed by atoms with E-state index in [1.807, 2.05) is 116 Å². The molecule has 0 unspecified atom stereocenters. The summed E-state index contributed by atoms with van der Waals surface area (Å²) in [4.78, 5) is 58.8. The van der Waals surface area contributed by atoms with Crippen molar-refractivity contribution in [1.82, 2.24) is 10.6 Å². The van der Waals surface area contributed by atoms with E-state index in [0.717, 1.165) is 32.3 Å². The quantitative estimate of drug-likeness (QED) is 0.0460. The predicted octanol–water partition coefficient (Wildman–Crippen LogP) is 6.98. The van der Waals surface area contributed by atoms with Crippen LogP contribution in [-0.2, 0) is 4.74 Å². The van der Waals surface area contributed by atoms with Gasteiger partial charge in [-0.25, -0.2) is 9.59 Å². The average molecular weight is 833 g/mol. The number of methoxy groups -OCH3 is 1. The molecule has 0 saturated carbocycles. The first-order valence-corrected chi connectivity index (χ1v) is 21.1. The van der Waals surface area contributed by atoms with E-state index >= 15 is 0 Å². The maximum atomic E-state index is 13.5. The van der Waals surface area contributed by atoms with E-state index in [1.165, 1.54) is 13.2 Å². The van der Waals surface area contributed by atoms with Crippen molar-refractivity contribution in [2.75, 3.05) is 46.2 Å². The molecule has 2 aliphatic rings. The molecule has 0 saturated heterocycles. The molecule has 7 rings (SSSR count). The number of hydrogen-bond donors (Lipinski definition) is 3. The molecule has 1 aliphatic carbocycles. The molecule has 5 aromatic rings. The Labute approximate surface area is 354 Å². The van der Waals surface area contributed by atoms with Crippen molar-refractivity contribution in [3.8, 4) is 22.5 Å². The highest BCUT2D eigenvalue weighted by molar-refractivity contribution is 7.80. The monoisotopic (exact) mass is 832 g/mol. The van der Waals surface area contributed by atoms with Crippen LogP contribution in [0.3, 0.4) is 0 Å². The Bertz CT molecular complexity index is 2750. The number of benzene rings is 6. The minimum atomic E-state index is -1.19. The Morgan fingerprint density at radius 3 is 1.90 bits per heavy atom. The van der Waals surface area contributed by atoms with E-state index in [0.29, 0.717) is 65.1 Å². The van der Waals surface area contributed by atoms with Crippen LogP contribution in [0, 0.1) is 0 Å². The predicted molar refractivity (Wildman–Crippen MR) is 241 cm³/mol. The summed E-state index contributed by atoms with van der Waals surface area (Å²) in [5.41, 5.74) is 4.35. The van der Waals surface area contributed by atoms with Gasteiger partial charge >= 0.3 is 11.9 Å². The Balaban J connectivity index is 1.03. The number of nitrogens with zero attached hydrogens (tertiary/aromatic N) is 2. The third kappa shape index (κ3) is 9.22. The number of rotatable bonds is 14. The zero-order valence-electron chi connectivity index (χ0n) is 34.3. The smallest absolute Gasteiger partial charge is 0.338 e. The normalized spacial score (nSPS) is 11.5. The van der Waals surface area contributed by atoms with E-state index < -0.39 is 25.8 Å². The number of esters is 1. The molecule has 61 heavy (non-hydrogen) atoms. The Hall–Kier alpha value is -7.10. The van der Waals surface area contributed by atoms with Crippen LogP contribution in [0.25, 0.3) is 33.4 Å². The summed E-state index contributed by atoms with van der Waals surface area (Å²) < 4.78 is 11.5. The molecule has 2 amide bonds. The molecule has 0 atom stereocenters. The van der Waals surface area contributed by atoms with Gasteiger partial charge in [-0.3, -0.25) is 14.6 Å². The van der Waals surface area contributed by atoms with Gasteiger partial charge in [0.25, 0.3) is 11.8 Å². The largest absolute Gasteiger partial charge is 0.478 e. The second-order valence-corrected chi connectivity index (χ2v) is 16.7. The van der Waals surface area contributed by atoms with Gasteiger partial charge in [0, 0.05) is 85.0 Å². The zero-order valence-corrected chi connectivity index (χ0v) is 35.2. The third-order valence-electron chi connectivity index (χ3n) is 10.4. The Morgan fingerprint density at radius 2 is 1.31 bits per heavy atom. The van der Waals surface area contributed by atoms with E-state index in [-0.39, 0.29) is 17.0 Å². The SMILES string of the molecule is C/N=c1/ccc2c(-c3ccc(C(=O)NCCCCNC(=O)c4ccc(C(=O)OC)c(P(c5ccccc5)c5ccccc5)c4)cc3C(=O)O)c3ccc(N(C)C)cc3oc-2c1. The summed E-state index contributed by atoms with van der Waals surface area (Å²) in [6, 6.07) is 40.9. The van der Waals surface area contributed by atoms with E-state index in [4.69, 9.17) is 9.15 Å². The van der Waals surface area contributed by atoms with Crippen LogP contribution in [0.4, 0.5) is 5.69 Å². The lowest BCUT2D eigenvalue weighted by Gasteiger charge is -2.22. The fourth-order valence-electron chi connectivity index (χ4n) is 7.24. The standard InChI is InChI=1S/C49H45N4O7P/c1-50-33-19-23-38-42(29-33)60-43-30-34(53(2)3)20-24-39(43)45(38)37-21-17-31(27-41(37)48(56)57)46(54)51-25-11-12-26-52-47(55)32-18-22-40(49(58)59-4)44(28-32)61(35-13-7-5-8-14-35)36-15-9-6-10-16-36/h5-10,13-24,27-30H,11-12,25-26H2,1-4H3,(H,51,54)(H,52,55)(H,56,57)/b50-33-. The zero-order chi connectivity index (χ0) is 43.0. The van der Waals surface area contributed by atoms with E-state index in [9.17, 15) is 24.3 Å². The highest BCUT2D eigenvalue weighted by atomic mass is 31.1. The van der Waals surface area contributed by atoms with Gasteiger partial charge in [-0.05, 0) is 91.5 Å². The molecule has 0 spiro atoms. The number of fused-ring (bicyclic) bond motifs is 2. The van der Waals surface area contributed by atoms with Gasteiger partial charge in [-0.15, -0.1) is 0 Å². The Morgan fingerprint density at radius 1 is 0.705 bits per heavy atom. The molecule has 0 aromatic heterocycles. The van der Waals surface area contributed by atoms with Crippen LogP contribution < -0.4 is 36.8 Å². The minimum Gasteiger partial charge on any atom is -0.478 e. The lowest BCUT2D eigenvalue weighted by Crippen LogP contribution is -2.30. The van der Waals surface area contributed by atoms with Crippen molar-refractivity contribution >= 4 is 64.2 Å². The van der Waals surface area contributed by atoms with Crippen molar-refractivity contribution in [2.24, 2.45) is 4.99 Å². The molecular formula is C49H45N4O7P. The molecule has 1 aliphatic heterocycles. The number of aromatic carboxylic acids is 1. The van der Waals surface area contributed by atoms with Crippen LogP contribution in [0.1, 0.15) is 54.3 Å². The lowest BCUT2D eigenvalue weighted by molar-refractivity contribution is 0.0600. The molecular weight excluding hydrogens is 788 g/mol. The second-order valence-electron chi connectivity index (χ2n) is 14.5. The molecule has 0 radical (unpaired) electrons. The molecule has 0 bridgehead atoms. The van der Waals surface area contributed by atoms with Gasteiger partial charge in [0.2, 0.25) is 0 Å². The van der Waals surface area contributed by atoms with Crippen LogP contribution in [0.5, 0.6) is 0 Å². The number of hydrogen-bond acceptors (Lipinski definition) is 8. The number of anilines is 1. The van der Waals surface area contributed by atoms with Gasteiger partial charge in [-0.1, -0.05) is 66.7 Å². The number of nitrogens with one attached hydrogen (secondary N) is 2. The second kappa shape index (κ2) is 18.9. The van der Waals surface area contributed by atoms with Crippen molar-refractivity contribution in [3.05, 3.63) is 161 Å². The van der Waals surface area contributed by atoms with Gasteiger partial charge in [0.15, 0.2) is 0 Å². The average Bonchev–Trinajstić information content (AvgIpc) is 3.29. The molecule has 11 nitrogen and oxygen atoms in total. The molecule has 0 fully saturated rings. The summed E-state index contributed by atoms with van der Waals surface area (Å²) in [6.45, 7) is 0.658. The number of carboxylic acid groups (broad SMARTS) is 1. The van der Waals surface area contributed by atoms with Gasteiger partial charge in [0.1, 0.15) is 11.3 Å². The lowest BCUT2D eigenvalue weighted by atomic mass is 9.89. The number of carboxylic acids is 1. The summed E-state index contributed by atoms with van der Waals surface area (Å²) >= 11 is 0. The molecule has 1 heterocycles. The molecule has 3 N–H and O–H groups in total. The van der Waals surface area contributed by atoms with Crippen LogP contribution in [0.2, 0.25) is 0 Å². The summed E-state index contributed by atoms with van der Waals surface area (Å²) in [5, 5.41) is 20.5. The van der Waals surface area contributed by atoms with Crippen LogP contribution in [0.15, 0.2) is 143 Å². The van der Waals surface area contributed by atoms with Crippen molar-refractivity contribution < 1.29 is 33.4 Å². The van der Waals surface area contributed by atoms with Gasteiger partial charge < -0.3 is 29.8 Å². The number of carbonyl (C=O) groups excluding carboxylic acids is 3. The van der Waals surface area contributed by atoms with Crippen LogP contribution >= 0.6 is 7.92 Å². The summed E-state index contributed by atoms with van der Waals surface area (Å²) in [5.74, 6) is -1.79. The van der Waals surface area contributed by atoms with E-state index in [1.54, 1.807) is 37.4 Å². The molecule has 12 heteroatoms. The number of amides is 2. The topological polar surface area (TPSA) is 151 Å². The fraction of sp³-hybridized carbons (Fsp3) is 0.163. The Kier molecular flexibility index (Phi) is 13.0. The highest BCUT2D eigenvalue weighted by Gasteiger charge is 2.26. The number of ether oxygens (including phenoxy) is 1. The first kappa shape index (κ1) is 42.0. The van der Waals surface area contributed by atoms with Crippen molar-refractivity contribution in [3.63, 3.8) is 0 Å². The van der Waals surface area contributed by atoms with Gasteiger partial charge in [0.05, 0.1) is 23.6 Å². The minimum absolute atomic E-state index is 0.0204. The number of unbranched alkanes of at least 4 members (excludes halogenated alkanes) is 1. The van der Waals surface area contributed by atoms with Gasteiger partial charge in [-0.2, -0.15) is 0 Å². The summed E-state index contributed by atoms with van der Waals surface area (Å²) in [7, 11) is 5.71. The maximum absolute atomic E-state index is 13.5.